The number of nitriles is 1. The van der Waals surface area contributed by atoms with E-state index in [1.54, 1.807) is 10.9 Å². The van der Waals surface area contributed by atoms with Gasteiger partial charge >= 0.3 is 0 Å². The van der Waals surface area contributed by atoms with Crippen LogP contribution in [-0.4, -0.2) is 9.55 Å². The Hall–Kier alpha value is -1.53. The van der Waals surface area contributed by atoms with Crippen molar-refractivity contribution in [1.29, 1.82) is 5.26 Å². The van der Waals surface area contributed by atoms with Gasteiger partial charge < -0.3 is 4.57 Å². The largest absolute Gasteiger partial charge is 0.301 e. The second kappa shape index (κ2) is 3.08. The summed E-state index contributed by atoms with van der Waals surface area (Å²) in [5.41, 5.74) is 1.04. The van der Waals surface area contributed by atoms with Crippen LogP contribution in [0, 0.1) is 11.3 Å². The lowest BCUT2D eigenvalue weighted by atomic mass is 10.3. The zero-order valence-electron chi connectivity index (χ0n) is 6.68. The zero-order chi connectivity index (χ0) is 9.26. The number of rotatable bonds is 1. The highest BCUT2D eigenvalue weighted by Gasteiger charge is 2.08. The summed E-state index contributed by atoms with van der Waals surface area (Å²) in [4.78, 5) is 4.12. The van der Waals surface area contributed by atoms with Crippen molar-refractivity contribution in [3.63, 3.8) is 0 Å². The Labute approximate surface area is 80.2 Å². The zero-order valence-corrected chi connectivity index (χ0v) is 7.44. The normalized spacial score (nSPS) is 12.6. The quantitative estimate of drug-likeness (QED) is 0.649. The lowest BCUT2D eigenvalue weighted by Crippen LogP contribution is -1.96. The first-order valence-electron chi connectivity index (χ1n) is 3.78. The second-order valence-electron chi connectivity index (χ2n) is 2.61. The number of alkyl halides is 1. The van der Waals surface area contributed by atoms with Gasteiger partial charge in [0, 0.05) is 0 Å². The molecular weight excluding hydrogens is 186 g/mol. The lowest BCUT2D eigenvalue weighted by molar-refractivity contribution is 0.826. The van der Waals surface area contributed by atoms with Crippen LogP contribution in [0.3, 0.4) is 0 Å². The van der Waals surface area contributed by atoms with Gasteiger partial charge in [-0.3, -0.25) is 0 Å². The smallest absolute Gasteiger partial charge is 0.197 e. The van der Waals surface area contributed by atoms with Crippen molar-refractivity contribution in [2.75, 3.05) is 0 Å². The van der Waals surface area contributed by atoms with E-state index in [0.29, 0.717) is 0 Å². The molecule has 0 saturated carbocycles. The van der Waals surface area contributed by atoms with Gasteiger partial charge in [0.1, 0.15) is 6.07 Å². The van der Waals surface area contributed by atoms with Gasteiger partial charge in [-0.25, -0.2) is 4.98 Å². The van der Waals surface area contributed by atoms with Gasteiger partial charge in [-0.1, -0.05) is 23.7 Å². The molecular formula is C9H6ClN3. The molecule has 0 spiro atoms. The third-order valence-corrected chi connectivity index (χ3v) is 2.14. The molecule has 1 heterocycles. The number of hydrogen-bond acceptors (Lipinski definition) is 2. The summed E-state index contributed by atoms with van der Waals surface area (Å²) in [6, 6.07) is 9.50. The number of hydrogen-bond donors (Lipinski definition) is 0. The Bertz CT molecular complexity index is 469. The first kappa shape index (κ1) is 8.09. The van der Waals surface area contributed by atoms with E-state index in [-0.39, 0.29) is 0 Å². The average molecular weight is 192 g/mol. The third-order valence-electron chi connectivity index (χ3n) is 1.83. The van der Waals surface area contributed by atoms with Gasteiger partial charge in [0.2, 0.25) is 0 Å². The highest BCUT2D eigenvalue weighted by atomic mass is 35.5. The van der Waals surface area contributed by atoms with Crippen LogP contribution in [0.5, 0.6) is 0 Å². The topological polar surface area (TPSA) is 41.6 Å². The molecule has 0 aliphatic rings. The van der Waals surface area contributed by atoms with Gasteiger partial charge in [0.15, 0.2) is 5.50 Å². The van der Waals surface area contributed by atoms with Gasteiger partial charge in [0.25, 0.3) is 0 Å². The maximum absolute atomic E-state index is 8.64. The summed E-state index contributed by atoms with van der Waals surface area (Å²) in [6.45, 7) is 0. The van der Waals surface area contributed by atoms with Crippen LogP contribution in [0.1, 0.15) is 5.50 Å². The SMILES string of the molecule is N#CC(Cl)n1cnc2ccccc21. The van der Waals surface area contributed by atoms with Crippen LogP contribution in [0.2, 0.25) is 0 Å². The Balaban J connectivity index is 2.66. The van der Waals surface area contributed by atoms with Gasteiger partial charge in [0.05, 0.1) is 17.4 Å². The Morgan fingerprint density at radius 1 is 1.46 bits per heavy atom. The number of imidazole rings is 1. The molecule has 4 heteroatoms. The first-order chi connectivity index (χ1) is 6.33. The van der Waals surface area contributed by atoms with Crippen molar-refractivity contribution < 1.29 is 0 Å². The number of nitrogens with zero attached hydrogens (tertiary/aromatic N) is 3. The molecule has 0 saturated heterocycles. The van der Waals surface area contributed by atoms with E-state index in [0.717, 1.165) is 11.0 Å². The van der Waals surface area contributed by atoms with Gasteiger partial charge in [-0.2, -0.15) is 5.26 Å². The maximum Gasteiger partial charge on any atom is 0.197 e. The maximum atomic E-state index is 8.64. The molecule has 0 aliphatic heterocycles. The Morgan fingerprint density at radius 2 is 2.23 bits per heavy atom. The fraction of sp³-hybridized carbons (Fsp3) is 0.111. The van der Waals surface area contributed by atoms with Crippen LogP contribution in [0.4, 0.5) is 0 Å². The Morgan fingerprint density at radius 3 is 3.00 bits per heavy atom. The van der Waals surface area contributed by atoms with Crippen molar-refractivity contribution in [2.45, 2.75) is 5.50 Å². The number of halogens is 1. The second-order valence-corrected chi connectivity index (χ2v) is 3.02. The molecule has 3 nitrogen and oxygen atoms in total. The van der Waals surface area contributed by atoms with Crippen molar-refractivity contribution >= 4 is 22.6 Å². The fourth-order valence-corrected chi connectivity index (χ4v) is 1.38. The molecule has 0 N–H and O–H groups in total. The molecule has 0 radical (unpaired) electrons. The van der Waals surface area contributed by atoms with Crippen LogP contribution < -0.4 is 0 Å². The van der Waals surface area contributed by atoms with E-state index in [9.17, 15) is 0 Å². The monoisotopic (exact) mass is 191 g/mol. The predicted octanol–water partition coefficient (Wildman–Crippen LogP) is 2.30. The molecule has 0 bridgehead atoms. The van der Waals surface area contributed by atoms with E-state index < -0.39 is 5.50 Å². The summed E-state index contributed by atoms with van der Waals surface area (Å²) in [5.74, 6) is 0. The van der Waals surface area contributed by atoms with Gasteiger partial charge in [-0.05, 0) is 12.1 Å². The number of fused-ring (bicyclic) bond motifs is 1. The molecule has 1 unspecified atom stereocenters. The number of benzene rings is 1. The first-order valence-corrected chi connectivity index (χ1v) is 4.22. The minimum atomic E-state index is -0.688. The van der Waals surface area contributed by atoms with Crippen LogP contribution >= 0.6 is 11.6 Å². The molecule has 13 heavy (non-hydrogen) atoms. The van der Waals surface area contributed by atoms with Crippen LogP contribution in [-0.2, 0) is 0 Å². The molecule has 0 amide bonds. The van der Waals surface area contributed by atoms with E-state index >= 15 is 0 Å². The van der Waals surface area contributed by atoms with E-state index in [4.69, 9.17) is 16.9 Å². The van der Waals surface area contributed by atoms with Crippen molar-refractivity contribution in [3.8, 4) is 6.07 Å². The molecule has 1 aromatic heterocycles. The highest BCUT2D eigenvalue weighted by molar-refractivity contribution is 6.20. The standard InChI is InChI=1S/C9H6ClN3/c10-9(5-11)13-6-12-7-3-1-2-4-8(7)13/h1-4,6,9H. The Kier molecular flexibility index (Phi) is 1.91. The molecule has 0 aliphatic carbocycles. The lowest BCUT2D eigenvalue weighted by Gasteiger charge is -2.01. The summed E-state index contributed by atoms with van der Waals surface area (Å²) < 4.78 is 1.64. The van der Waals surface area contributed by atoms with Crippen LogP contribution in [0.25, 0.3) is 11.0 Å². The number of para-hydroxylation sites is 2. The molecule has 1 atom stereocenters. The van der Waals surface area contributed by atoms with E-state index in [2.05, 4.69) is 4.98 Å². The van der Waals surface area contributed by atoms with Crippen molar-refractivity contribution in [1.82, 2.24) is 9.55 Å². The van der Waals surface area contributed by atoms with Crippen molar-refractivity contribution in [2.24, 2.45) is 0 Å². The molecule has 2 rings (SSSR count). The predicted molar refractivity (Wildman–Crippen MR) is 50.2 cm³/mol. The molecule has 0 fully saturated rings. The van der Waals surface area contributed by atoms with E-state index in [1.807, 2.05) is 30.3 Å². The molecule has 64 valence electrons. The van der Waals surface area contributed by atoms with Crippen molar-refractivity contribution in [3.05, 3.63) is 30.6 Å². The highest BCUT2D eigenvalue weighted by Crippen LogP contribution is 2.19. The minimum absolute atomic E-state index is 0.688. The summed E-state index contributed by atoms with van der Waals surface area (Å²) >= 11 is 5.77. The van der Waals surface area contributed by atoms with Gasteiger partial charge in [-0.15, -0.1) is 0 Å². The summed E-state index contributed by atoms with van der Waals surface area (Å²) in [7, 11) is 0. The third kappa shape index (κ3) is 1.25. The molecule has 1 aromatic carbocycles. The number of aromatic nitrogens is 2. The van der Waals surface area contributed by atoms with E-state index in [1.165, 1.54) is 0 Å². The minimum Gasteiger partial charge on any atom is -0.301 e. The summed E-state index contributed by atoms with van der Waals surface area (Å²) in [5, 5.41) is 8.64. The fourth-order valence-electron chi connectivity index (χ4n) is 1.22. The van der Waals surface area contributed by atoms with Crippen LogP contribution in [0.15, 0.2) is 30.6 Å². The summed E-state index contributed by atoms with van der Waals surface area (Å²) in [6.07, 6.45) is 1.57. The average Bonchev–Trinajstić information content (AvgIpc) is 2.60. The molecule has 2 aromatic rings.